The van der Waals surface area contributed by atoms with Gasteiger partial charge >= 0.3 is 0 Å². The summed E-state index contributed by atoms with van der Waals surface area (Å²) in [4.78, 5) is 31.0. The van der Waals surface area contributed by atoms with Crippen molar-refractivity contribution in [2.75, 3.05) is 13.1 Å². The summed E-state index contributed by atoms with van der Waals surface area (Å²) in [6.45, 7) is 3.54. The van der Waals surface area contributed by atoms with Crippen LogP contribution in [0.3, 0.4) is 0 Å². The summed E-state index contributed by atoms with van der Waals surface area (Å²) in [6, 6.07) is 7.78. The van der Waals surface area contributed by atoms with E-state index in [0.29, 0.717) is 19.4 Å². The van der Waals surface area contributed by atoms with Crippen molar-refractivity contribution in [2.45, 2.75) is 63.3 Å². The number of nitrogens with one attached hydrogen (secondary N) is 1. The number of likely N-dealkylation sites (tertiary alicyclic amines) is 1. The van der Waals surface area contributed by atoms with E-state index in [4.69, 9.17) is 4.42 Å². The Labute approximate surface area is 159 Å². The summed E-state index contributed by atoms with van der Waals surface area (Å²) < 4.78 is 5.93. The predicted molar refractivity (Wildman–Crippen MR) is 102 cm³/mol. The first-order valence-electron chi connectivity index (χ1n) is 10.0. The minimum atomic E-state index is -0.192. The summed E-state index contributed by atoms with van der Waals surface area (Å²) >= 11 is 0. The van der Waals surface area contributed by atoms with Crippen LogP contribution in [-0.2, 0) is 9.59 Å². The van der Waals surface area contributed by atoms with Crippen LogP contribution in [0.1, 0.15) is 63.7 Å². The summed E-state index contributed by atoms with van der Waals surface area (Å²) in [5, 5.41) is 3.09. The highest BCUT2D eigenvalue weighted by atomic mass is 16.3. The lowest BCUT2D eigenvalue weighted by atomic mass is 9.88. The molecular formula is C21H27N3O3. The number of carbonyl (C=O) groups excluding carboxylic acids is 2. The molecule has 0 unspecified atom stereocenters. The number of rotatable bonds is 5. The molecule has 3 heterocycles. The molecule has 4 rings (SSSR count). The fraction of sp³-hybridized carbons (Fsp3) is 0.571. The first-order valence-corrected chi connectivity index (χ1v) is 10.0. The number of amides is 2. The van der Waals surface area contributed by atoms with Crippen LogP contribution < -0.4 is 5.32 Å². The van der Waals surface area contributed by atoms with Gasteiger partial charge in [-0.3, -0.25) is 9.59 Å². The van der Waals surface area contributed by atoms with Crippen LogP contribution in [0.25, 0.3) is 11.1 Å². The number of fused-ring (bicyclic) bond motifs is 1. The minimum absolute atomic E-state index is 0.110. The van der Waals surface area contributed by atoms with Crippen molar-refractivity contribution >= 4 is 22.9 Å². The van der Waals surface area contributed by atoms with Gasteiger partial charge in [0.15, 0.2) is 11.5 Å². The molecule has 0 radical (unpaired) electrons. The standard InChI is InChI=1S/C21H27N3O3/c1-2-21(11-9-18(25)23-21)12-10-19(26)24-13-5-6-15(14-24)20-22-16-7-3-4-8-17(16)27-20/h3-4,7-8,15H,2,5-6,9-14H2,1H3,(H,23,25)/t15-,21-/m0/s1. The summed E-state index contributed by atoms with van der Waals surface area (Å²) in [6.07, 6.45) is 5.44. The van der Waals surface area contributed by atoms with Crippen molar-refractivity contribution in [1.82, 2.24) is 15.2 Å². The SMILES string of the molecule is CC[C@@]1(CCC(=O)N2CCC[C@H](c3nc4ccccc4o3)C2)CCC(=O)N1. The smallest absolute Gasteiger partial charge is 0.222 e. The van der Waals surface area contributed by atoms with Crippen LogP contribution in [0.5, 0.6) is 0 Å². The molecule has 27 heavy (non-hydrogen) atoms. The second kappa shape index (κ2) is 7.33. The van der Waals surface area contributed by atoms with E-state index in [-0.39, 0.29) is 23.3 Å². The van der Waals surface area contributed by atoms with Crippen LogP contribution in [0.2, 0.25) is 0 Å². The number of aromatic nitrogens is 1. The Morgan fingerprint density at radius 1 is 1.41 bits per heavy atom. The van der Waals surface area contributed by atoms with E-state index in [0.717, 1.165) is 55.6 Å². The minimum Gasteiger partial charge on any atom is -0.440 e. The first-order chi connectivity index (χ1) is 13.1. The lowest BCUT2D eigenvalue weighted by molar-refractivity contribution is -0.133. The Morgan fingerprint density at radius 2 is 2.26 bits per heavy atom. The molecule has 0 spiro atoms. The van der Waals surface area contributed by atoms with Gasteiger partial charge in [0.05, 0.1) is 5.92 Å². The second-order valence-corrected chi connectivity index (χ2v) is 7.88. The highest BCUT2D eigenvalue weighted by Crippen LogP contribution is 2.31. The van der Waals surface area contributed by atoms with Gasteiger partial charge in [0.25, 0.3) is 0 Å². The maximum Gasteiger partial charge on any atom is 0.222 e. The van der Waals surface area contributed by atoms with Crippen molar-refractivity contribution in [3.05, 3.63) is 30.2 Å². The first kappa shape index (κ1) is 18.0. The third-order valence-corrected chi connectivity index (χ3v) is 6.16. The summed E-state index contributed by atoms with van der Waals surface area (Å²) in [5.41, 5.74) is 1.48. The number of oxazole rings is 1. The Hall–Kier alpha value is -2.37. The molecule has 1 aromatic carbocycles. The van der Waals surface area contributed by atoms with E-state index < -0.39 is 0 Å². The zero-order chi connectivity index (χ0) is 18.9. The number of para-hydroxylation sites is 2. The molecule has 144 valence electrons. The van der Waals surface area contributed by atoms with Gasteiger partial charge in [0.2, 0.25) is 11.8 Å². The highest BCUT2D eigenvalue weighted by Gasteiger charge is 2.37. The van der Waals surface area contributed by atoms with Crippen LogP contribution in [-0.4, -0.2) is 40.3 Å². The lowest BCUT2D eigenvalue weighted by Crippen LogP contribution is -2.44. The van der Waals surface area contributed by atoms with E-state index >= 15 is 0 Å². The number of hydrogen-bond acceptors (Lipinski definition) is 4. The molecule has 2 saturated heterocycles. The van der Waals surface area contributed by atoms with E-state index in [2.05, 4.69) is 17.2 Å². The van der Waals surface area contributed by atoms with Crippen LogP contribution in [0.4, 0.5) is 0 Å². The molecule has 1 aromatic heterocycles. The van der Waals surface area contributed by atoms with Gasteiger partial charge in [-0.15, -0.1) is 0 Å². The molecule has 0 saturated carbocycles. The monoisotopic (exact) mass is 369 g/mol. The van der Waals surface area contributed by atoms with Gasteiger partial charge in [0.1, 0.15) is 5.52 Å². The van der Waals surface area contributed by atoms with E-state index in [1.165, 1.54) is 0 Å². The second-order valence-electron chi connectivity index (χ2n) is 7.88. The highest BCUT2D eigenvalue weighted by molar-refractivity contribution is 5.80. The van der Waals surface area contributed by atoms with Crippen LogP contribution in [0, 0.1) is 0 Å². The molecule has 2 aliphatic heterocycles. The quantitative estimate of drug-likeness (QED) is 0.877. The summed E-state index contributed by atoms with van der Waals surface area (Å²) in [7, 11) is 0. The van der Waals surface area contributed by atoms with E-state index in [1.54, 1.807) is 0 Å². The lowest BCUT2D eigenvalue weighted by Gasteiger charge is -2.33. The average molecular weight is 369 g/mol. The van der Waals surface area contributed by atoms with Gasteiger partial charge in [-0.25, -0.2) is 4.98 Å². The molecule has 1 N–H and O–H groups in total. The fourth-order valence-corrected chi connectivity index (χ4v) is 4.38. The van der Waals surface area contributed by atoms with Crippen molar-refractivity contribution in [3.8, 4) is 0 Å². The maximum atomic E-state index is 12.8. The summed E-state index contributed by atoms with van der Waals surface area (Å²) in [5.74, 6) is 1.17. The van der Waals surface area contributed by atoms with Crippen molar-refractivity contribution in [1.29, 1.82) is 0 Å². The normalized spacial score (nSPS) is 25.7. The Bertz CT molecular complexity index is 813. The van der Waals surface area contributed by atoms with Gasteiger partial charge in [0, 0.05) is 31.5 Å². The van der Waals surface area contributed by atoms with Gasteiger partial charge in [-0.2, -0.15) is 0 Å². The average Bonchev–Trinajstić information content (AvgIpc) is 3.30. The number of nitrogens with zero attached hydrogens (tertiary/aromatic N) is 2. The largest absolute Gasteiger partial charge is 0.440 e. The Kier molecular flexibility index (Phi) is 4.89. The maximum absolute atomic E-state index is 12.8. The zero-order valence-electron chi connectivity index (χ0n) is 15.9. The molecule has 2 aromatic rings. The fourth-order valence-electron chi connectivity index (χ4n) is 4.38. The van der Waals surface area contributed by atoms with E-state index in [1.807, 2.05) is 29.2 Å². The third kappa shape index (κ3) is 3.70. The molecule has 0 aliphatic carbocycles. The number of benzene rings is 1. The van der Waals surface area contributed by atoms with Crippen molar-refractivity contribution < 1.29 is 14.0 Å². The molecule has 6 heteroatoms. The molecule has 6 nitrogen and oxygen atoms in total. The molecular weight excluding hydrogens is 342 g/mol. The molecule has 2 amide bonds. The van der Waals surface area contributed by atoms with Crippen molar-refractivity contribution in [3.63, 3.8) is 0 Å². The van der Waals surface area contributed by atoms with Crippen LogP contribution >= 0.6 is 0 Å². The van der Waals surface area contributed by atoms with Gasteiger partial charge in [-0.1, -0.05) is 19.1 Å². The number of carbonyl (C=O) groups is 2. The van der Waals surface area contributed by atoms with Crippen molar-refractivity contribution in [2.24, 2.45) is 0 Å². The molecule has 0 bridgehead atoms. The predicted octanol–water partition coefficient (Wildman–Crippen LogP) is 3.37. The van der Waals surface area contributed by atoms with Gasteiger partial charge in [-0.05, 0) is 44.2 Å². The molecule has 2 aliphatic rings. The molecule has 2 fully saturated rings. The zero-order valence-corrected chi connectivity index (χ0v) is 15.9. The van der Waals surface area contributed by atoms with Crippen LogP contribution in [0.15, 0.2) is 28.7 Å². The topological polar surface area (TPSA) is 75.4 Å². The molecule has 2 atom stereocenters. The van der Waals surface area contributed by atoms with Gasteiger partial charge < -0.3 is 14.6 Å². The third-order valence-electron chi connectivity index (χ3n) is 6.16. The van der Waals surface area contributed by atoms with E-state index in [9.17, 15) is 9.59 Å². The number of piperidine rings is 1. The Balaban J connectivity index is 1.39. The number of hydrogen-bond donors (Lipinski definition) is 1. The Morgan fingerprint density at radius 3 is 3.00 bits per heavy atom.